The third-order valence-electron chi connectivity index (χ3n) is 7.56. The van der Waals surface area contributed by atoms with Crippen molar-refractivity contribution in [3.05, 3.63) is 41.0 Å². The molecule has 3 atom stereocenters. The molecule has 0 aliphatic carbocycles. The van der Waals surface area contributed by atoms with Crippen LogP contribution in [-0.4, -0.2) is 97.7 Å². The molecule has 1 fully saturated rings. The number of carbonyl (C=O) groups is 2. The number of hydrogen-bond donors (Lipinski definition) is 3. The number of thiazole rings is 1. The summed E-state index contributed by atoms with van der Waals surface area (Å²) in [5.74, 6) is -0.299. The number of likely N-dealkylation sites (tertiary alicyclic amines) is 1. The fraction of sp³-hybridized carbons (Fsp3) is 0.656. The van der Waals surface area contributed by atoms with Crippen molar-refractivity contribution in [2.45, 2.75) is 78.6 Å². The van der Waals surface area contributed by atoms with Crippen LogP contribution < -0.4 is 10.6 Å². The topological polar surface area (TPSA) is 122 Å². The van der Waals surface area contributed by atoms with Crippen LogP contribution in [0, 0.1) is 12.3 Å². The summed E-state index contributed by atoms with van der Waals surface area (Å²) in [6.07, 6.45) is 1.00. The van der Waals surface area contributed by atoms with Crippen molar-refractivity contribution in [1.82, 2.24) is 20.5 Å². The van der Waals surface area contributed by atoms with Crippen molar-refractivity contribution in [2.24, 2.45) is 5.41 Å². The van der Waals surface area contributed by atoms with Crippen LogP contribution >= 0.6 is 11.3 Å². The summed E-state index contributed by atoms with van der Waals surface area (Å²) in [4.78, 5) is 32.2. The Morgan fingerprint density at radius 1 is 1.14 bits per heavy atom. The van der Waals surface area contributed by atoms with Gasteiger partial charge in [0.05, 0.1) is 61.1 Å². The molecule has 1 saturated heterocycles. The van der Waals surface area contributed by atoms with Gasteiger partial charge in [-0.1, -0.05) is 45.0 Å². The first kappa shape index (κ1) is 35.1. The molecule has 1 aromatic carbocycles. The van der Waals surface area contributed by atoms with Crippen LogP contribution in [0.4, 0.5) is 0 Å². The summed E-state index contributed by atoms with van der Waals surface area (Å²) in [5.41, 5.74) is 4.99. The average Bonchev–Trinajstić information content (AvgIpc) is 3.56. The van der Waals surface area contributed by atoms with E-state index in [4.69, 9.17) is 14.2 Å². The smallest absolute Gasteiger partial charge is 0.308 e. The maximum Gasteiger partial charge on any atom is 0.308 e. The number of aryl methyl sites for hydroxylation is 1. The van der Waals surface area contributed by atoms with Crippen LogP contribution in [0.15, 0.2) is 29.8 Å². The lowest BCUT2D eigenvalue weighted by atomic mass is 9.86. The summed E-state index contributed by atoms with van der Waals surface area (Å²) in [7, 11) is 0. The van der Waals surface area contributed by atoms with Crippen molar-refractivity contribution < 1.29 is 28.9 Å². The molecule has 3 N–H and O–H groups in total. The summed E-state index contributed by atoms with van der Waals surface area (Å²) in [6.45, 7) is 15.0. The van der Waals surface area contributed by atoms with Crippen LogP contribution in [0.3, 0.4) is 0 Å². The highest BCUT2D eigenvalue weighted by Gasteiger charge is 2.38. The van der Waals surface area contributed by atoms with Crippen LogP contribution in [0.5, 0.6) is 0 Å². The molecule has 1 amide bonds. The van der Waals surface area contributed by atoms with Gasteiger partial charge < -0.3 is 30.0 Å². The molecule has 0 bridgehead atoms. The molecule has 1 aliphatic rings. The Bertz CT molecular complexity index is 1120. The number of nitrogens with one attached hydrogen (secondary N) is 2. The third-order valence-corrected chi connectivity index (χ3v) is 8.54. The number of amides is 1. The SMILES string of the molecule is CCOC(=O)CCOCCOCCCN[C@H](CN1C[C@H](O)C[C@H]1C(=O)NCc1ccc(-c2scnc2C)cc1)C(C)(C)C. The zero-order chi connectivity index (χ0) is 31.2. The number of aliphatic hydroxyl groups excluding tert-OH is 1. The molecule has 0 radical (unpaired) electrons. The maximum atomic E-state index is 13.3. The fourth-order valence-electron chi connectivity index (χ4n) is 5.05. The molecule has 1 aliphatic heterocycles. The monoisotopic (exact) mass is 618 g/mol. The quantitative estimate of drug-likeness (QED) is 0.170. The molecule has 3 rings (SSSR count). The van der Waals surface area contributed by atoms with Gasteiger partial charge >= 0.3 is 5.97 Å². The predicted molar refractivity (Wildman–Crippen MR) is 169 cm³/mol. The van der Waals surface area contributed by atoms with Gasteiger partial charge in [0.15, 0.2) is 0 Å². The number of β-amino-alcohol motifs (C(OH)–C–C–N with tert-alkyl or cyclic N) is 1. The molecule has 2 aromatic rings. The number of nitrogens with zero attached hydrogens (tertiary/aromatic N) is 2. The summed E-state index contributed by atoms with van der Waals surface area (Å²) < 4.78 is 16.0. The van der Waals surface area contributed by atoms with Crippen LogP contribution in [-0.2, 0) is 30.3 Å². The summed E-state index contributed by atoms with van der Waals surface area (Å²) >= 11 is 1.63. The van der Waals surface area contributed by atoms with Gasteiger partial charge in [0.25, 0.3) is 0 Å². The number of ether oxygens (including phenoxy) is 3. The summed E-state index contributed by atoms with van der Waals surface area (Å²) in [5, 5.41) is 17.2. The normalized spacial score (nSPS) is 18.1. The van der Waals surface area contributed by atoms with E-state index in [0.717, 1.165) is 34.7 Å². The zero-order valence-electron chi connectivity index (χ0n) is 26.4. The molecule has 0 saturated carbocycles. The molecule has 10 nitrogen and oxygen atoms in total. The molecule has 1 aromatic heterocycles. The van der Waals surface area contributed by atoms with Crippen LogP contribution in [0.25, 0.3) is 10.4 Å². The molecule has 0 unspecified atom stereocenters. The Labute approximate surface area is 260 Å². The fourth-order valence-corrected chi connectivity index (χ4v) is 5.87. The van der Waals surface area contributed by atoms with E-state index >= 15 is 0 Å². The van der Waals surface area contributed by atoms with E-state index in [1.165, 1.54) is 0 Å². The average molecular weight is 619 g/mol. The lowest BCUT2D eigenvalue weighted by Gasteiger charge is -2.36. The molecular weight excluding hydrogens is 568 g/mol. The number of aliphatic hydroxyl groups is 1. The lowest BCUT2D eigenvalue weighted by Crippen LogP contribution is -2.52. The summed E-state index contributed by atoms with van der Waals surface area (Å²) in [6, 6.07) is 7.98. The molecule has 43 heavy (non-hydrogen) atoms. The van der Waals surface area contributed by atoms with Gasteiger partial charge in [0, 0.05) is 32.3 Å². The van der Waals surface area contributed by atoms with Gasteiger partial charge in [-0.05, 0) is 49.8 Å². The second-order valence-corrected chi connectivity index (χ2v) is 12.9. The second kappa shape index (κ2) is 17.8. The number of rotatable bonds is 18. The third kappa shape index (κ3) is 11.9. The Hall–Kier alpha value is -2.41. The zero-order valence-corrected chi connectivity index (χ0v) is 27.2. The van der Waals surface area contributed by atoms with Crippen molar-refractivity contribution in [2.75, 3.05) is 52.7 Å². The van der Waals surface area contributed by atoms with Crippen molar-refractivity contribution >= 4 is 23.2 Å². The predicted octanol–water partition coefficient (Wildman–Crippen LogP) is 3.55. The minimum Gasteiger partial charge on any atom is -0.466 e. The van der Waals surface area contributed by atoms with Crippen molar-refractivity contribution in [3.8, 4) is 10.4 Å². The van der Waals surface area contributed by atoms with E-state index in [-0.39, 0.29) is 35.8 Å². The number of benzene rings is 1. The van der Waals surface area contributed by atoms with E-state index in [2.05, 4.69) is 53.4 Å². The Morgan fingerprint density at radius 2 is 1.86 bits per heavy atom. The molecule has 240 valence electrons. The van der Waals surface area contributed by atoms with Crippen LogP contribution in [0.1, 0.15) is 58.2 Å². The maximum absolute atomic E-state index is 13.3. The van der Waals surface area contributed by atoms with E-state index in [0.29, 0.717) is 59.1 Å². The van der Waals surface area contributed by atoms with E-state index in [1.54, 1.807) is 18.3 Å². The standard InChI is InChI=1S/C32H50N4O6S/c1-6-42-29(38)12-15-41-17-16-40-14-7-13-33-28(32(3,4)5)21-36-20-26(37)18-27(36)31(39)34-19-24-8-10-25(11-9-24)30-23(2)35-22-43-30/h8-11,22,26-28,33,37H,6-7,12-21H2,1-5H3,(H,34,39)/t26-,27+,28-/m1/s1. The minimum absolute atomic E-state index is 0.0413. The lowest BCUT2D eigenvalue weighted by molar-refractivity contribution is -0.144. The van der Waals surface area contributed by atoms with Crippen molar-refractivity contribution in [1.29, 1.82) is 0 Å². The van der Waals surface area contributed by atoms with E-state index < -0.39 is 6.10 Å². The number of esters is 1. The van der Waals surface area contributed by atoms with Gasteiger partial charge in [-0.25, -0.2) is 4.98 Å². The molecule has 0 spiro atoms. The molecule has 2 heterocycles. The highest BCUT2D eigenvalue weighted by atomic mass is 32.1. The Kier molecular flexibility index (Phi) is 14.5. The highest BCUT2D eigenvalue weighted by molar-refractivity contribution is 7.13. The molecule has 11 heteroatoms. The highest BCUT2D eigenvalue weighted by Crippen LogP contribution is 2.28. The van der Waals surface area contributed by atoms with E-state index in [9.17, 15) is 14.7 Å². The van der Waals surface area contributed by atoms with Crippen LogP contribution in [0.2, 0.25) is 0 Å². The first-order valence-corrected chi connectivity index (χ1v) is 16.2. The number of hydrogen-bond acceptors (Lipinski definition) is 10. The van der Waals surface area contributed by atoms with Gasteiger partial charge in [0.1, 0.15) is 0 Å². The Balaban J connectivity index is 1.40. The Morgan fingerprint density at radius 3 is 2.51 bits per heavy atom. The minimum atomic E-state index is -0.522. The second-order valence-electron chi connectivity index (χ2n) is 12.0. The van der Waals surface area contributed by atoms with Gasteiger partial charge in [-0.2, -0.15) is 0 Å². The van der Waals surface area contributed by atoms with Gasteiger partial charge in [0.2, 0.25) is 5.91 Å². The number of carbonyl (C=O) groups excluding carboxylic acids is 2. The molecular formula is C32H50N4O6S. The first-order chi connectivity index (χ1) is 20.6. The van der Waals surface area contributed by atoms with Gasteiger partial charge in [-0.15, -0.1) is 11.3 Å². The largest absolute Gasteiger partial charge is 0.466 e. The van der Waals surface area contributed by atoms with Crippen molar-refractivity contribution in [3.63, 3.8) is 0 Å². The first-order valence-electron chi connectivity index (χ1n) is 15.3. The van der Waals surface area contributed by atoms with Gasteiger partial charge in [-0.3, -0.25) is 14.5 Å². The number of aromatic nitrogens is 1. The van der Waals surface area contributed by atoms with E-state index in [1.807, 2.05) is 24.6 Å².